The topological polar surface area (TPSA) is 56.7 Å². The van der Waals surface area contributed by atoms with Crippen LogP contribution < -0.4 is 0 Å². The average molecular weight is 280 g/mol. The predicted molar refractivity (Wildman–Crippen MR) is 78.6 cm³/mol. The van der Waals surface area contributed by atoms with Crippen LogP contribution in [0.25, 0.3) is 23.1 Å². The van der Waals surface area contributed by atoms with Crippen LogP contribution in [0.2, 0.25) is 0 Å². The molecule has 2 heterocycles. The minimum atomic E-state index is 0.523. The van der Waals surface area contributed by atoms with Crippen molar-refractivity contribution in [3.05, 3.63) is 41.7 Å². The molecule has 21 heavy (non-hydrogen) atoms. The van der Waals surface area contributed by atoms with Crippen LogP contribution >= 0.6 is 0 Å². The number of hydrogen-bond donors (Lipinski definition) is 0. The molecule has 0 fully saturated rings. The van der Waals surface area contributed by atoms with Gasteiger partial charge in [-0.05, 0) is 48.9 Å². The van der Waals surface area contributed by atoms with Gasteiger partial charge in [0.05, 0.1) is 0 Å². The Morgan fingerprint density at radius 2 is 2.00 bits per heavy atom. The van der Waals surface area contributed by atoms with Crippen molar-refractivity contribution in [2.24, 2.45) is 7.05 Å². The van der Waals surface area contributed by atoms with Gasteiger partial charge in [-0.25, -0.2) is 4.98 Å². The van der Waals surface area contributed by atoms with Gasteiger partial charge in [0.2, 0.25) is 5.82 Å². The van der Waals surface area contributed by atoms with Crippen molar-refractivity contribution in [2.45, 2.75) is 25.7 Å². The van der Waals surface area contributed by atoms with E-state index < -0.39 is 0 Å². The number of nitrogens with zero attached hydrogens (tertiary/aromatic N) is 4. The maximum absolute atomic E-state index is 5.41. The minimum absolute atomic E-state index is 0.523. The highest BCUT2D eigenvalue weighted by Crippen LogP contribution is 2.27. The molecule has 5 nitrogen and oxygen atoms in total. The standard InChI is InChI=1S/C16H16N4O/c1-20-9-8-17-15(20)14-18-16(21-19-14)13-7-6-11-4-2-3-5-12(11)10-13/h6-10H,2-5H2,1H3. The molecule has 1 aliphatic rings. The number of aromatic nitrogens is 4. The zero-order valence-corrected chi connectivity index (χ0v) is 11.9. The van der Waals surface area contributed by atoms with Gasteiger partial charge in [0.1, 0.15) is 0 Å². The lowest BCUT2D eigenvalue weighted by Crippen LogP contribution is -2.02. The molecule has 0 spiro atoms. The van der Waals surface area contributed by atoms with Crippen molar-refractivity contribution < 1.29 is 4.52 Å². The van der Waals surface area contributed by atoms with Gasteiger partial charge in [0, 0.05) is 25.0 Å². The van der Waals surface area contributed by atoms with Crippen LogP contribution in [0.5, 0.6) is 0 Å². The van der Waals surface area contributed by atoms with Gasteiger partial charge in [-0.1, -0.05) is 11.2 Å². The van der Waals surface area contributed by atoms with Crippen molar-refractivity contribution in [2.75, 3.05) is 0 Å². The van der Waals surface area contributed by atoms with Gasteiger partial charge in [-0.2, -0.15) is 4.98 Å². The van der Waals surface area contributed by atoms with Crippen molar-refractivity contribution >= 4 is 0 Å². The molecular formula is C16H16N4O. The van der Waals surface area contributed by atoms with E-state index in [0.717, 1.165) is 12.0 Å². The summed E-state index contributed by atoms with van der Waals surface area (Å²) in [5, 5.41) is 4.04. The average Bonchev–Trinajstić information content (AvgIpc) is 3.15. The summed E-state index contributed by atoms with van der Waals surface area (Å²) >= 11 is 0. The van der Waals surface area contributed by atoms with E-state index in [1.165, 1.54) is 30.4 Å². The Labute approximate surface area is 122 Å². The molecule has 2 aromatic heterocycles. The molecule has 5 heteroatoms. The molecule has 106 valence electrons. The van der Waals surface area contributed by atoms with Crippen molar-refractivity contribution in [1.29, 1.82) is 0 Å². The summed E-state index contributed by atoms with van der Waals surface area (Å²) in [6.45, 7) is 0. The van der Waals surface area contributed by atoms with Gasteiger partial charge < -0.3 is 9.09 Å². The molecule has 0 N–H and O–H groups in total. The smallest absolute Gasteiger partial charge is 0.258 e. The second kappa shape index (κ2) is 4.84. The van der Waals surface area contributed by atoms with Crippen LogP contribution in [-0.2, 0) is 19.9 Å². The molecule has 0 saturated heterocycles. The van der Waals surface area contributed by atoms with Crippen molar-refractivity contribution in [3.63, 3.8) is 0 Å². The largest absolute Gasteiger partial charge is 0.334 e. The number of hydrogen-bond acceptors (Lipinski definition) is 4. The highest BCUT2D eigenvalue weighted by Gasteiger charge is 2.16. The fourth-order valence-electron chi connectivity index (χ4n) is 2.88. The van der Waals surface area contributed by atoms with Crippen LogP contribution in [0.3, 0.4) is 0 Å². The summed E-state index contributed by atoms with van der Waals surface area (Å²) in [6, 6.07) is 6.44. The highest BCUT2D eigenvalue weighted by atomic mass is 16.5. The first-order valence-electron chi connectivity index (χ1n) is 7.25. The number of rotatable bonds is 2. The van der Waals surface area contributed by atoms with Gasteiger partial charge in [0.25, 0.3) is 5.89 Å². The lowest BCUT2D eigenvalue weighted by Gasteiger charge is -2.15. The van der Waals surface area contributed by atoms with E-state index >= 15 is 0 Å². The number of imidazole rings is 1. The summed E-state index contributed by atoms with van der Waals surface area (Å²) < 4.78 is 7.28. The summed E-state index contributed by atoms with van der Waals surface area (Å²) in [5.41, 5.74) is 3.85. The van der Waals surface area contributed by atoms with E-state index in [0.29, 0.717) is 17.5 Å². The second-order valence-electron chi connectivity index (χ2n) is 5.48. The molecule has 1 aromatic carbocycles. The van der Waals surface area contributed by atoms with Gasteiger partial charge >= 0.3 is 0 Å². The quantitative estimate of drug-likeness (QED) is 0.724. The highest BCUT2D eigenvalue weighted by molar-refractivity contribution is 5.58. The summed E-state index contributed by atoms with van der Waals surface area (Å²) in [4.78, 5) is 8.71. The third-order valence-electron chi connectivity index (χ3n) is 4.04. The first-order valence-corrected chi connectivity index (χ1v) is 7.25. The van der Waals surface area contributed by atoms with E-state index in [4.69, 9.17) is 4.52 Å². The molecule has 0 bridgehead atoms. The first kappa shape index (κ1) is 12.3. The van der Waals surface area contributed by atoms with Crippen LogP contribution in [-0.4, -0.2) is 19.7 Å². The van der Waals surface area contributed by atoms with E-state index in [9.17, 15) is 0 Å². The fraction of sp³-hybridized carbons (Fsp3) is 0.312. The number of benzene rings is 1. The molecule has 1 aliphatic carbocycles. The Bertz CT molecular complexity index is 787. The van der Waals surface area contributed by atoms with Crippen LogP contribution in [0, 0.1) is 0 Å². The van der Waals surface area contributed by atoms with Crippen molar-refractivity contribution in [1.82, 2.24) is 19.7 Å². The predicted octanol–water partition coefficient (Wildman–Crippen LogP) is 3.02. The van der Waals surface area contributed by atoms with Gasteiger partial charge in [-0.15, -0.1) is 0 Å². The minimum Gasteiger partial charge on any atom is -0.334 e. The van der Waals surface area contributed by atoms with Crippen molar-refractivity contribution in [3.8, 4) is 23.1 Å². The molecule has 4 rings (SSSR count). The third kappa shape index (κ3) is 2.14. The zero-order chi connectivity index (χ0) is 14.2. The SMILES string of the molecule is Cn1ccnc1-c1noc(-c2ccc3c(c2)CCCC3)n1. The summed E-state index contributed by atoms with van der Waals surface area (Å²) in [5.74, 6) is 1.79. The molecular weight excluding hydrogens is 264 g/mol. The fourth-order valence-corrected chi connectivity index (χ4v) is 2.88. The number of fused-ring (bicyclic) bond motifs is 1. The molecule has 0 amide bonds. The summed E-state index contributed by atoms with van der Waals surface area (Å²) in [7, 11) is 1.91. The second-order valence-corrected chi connectivity index (χ2v) is 5.48. The van der Waals surface area contributed by atoms with Crippen LogP contribution in [0.1, 0.15) is 24.0 Å². The lowest BCUT2D eigenvalue weighted by atomic mass is 9.90. The van der Waals surface area contributed by atoms with E-state index in [1.807, 2.05) is 17.8 Å². The van der Waals surface area contributed by atoms with Gasteiger partial charge in [0.15, 0.2) is 5.82 Å². The van der Waals surface area contributed by atoms with E-state index in [-0.39, 0.29) is 0 Å². The van der Waals surface area contributed by atoms with Crippen LogP contribution in [0.15, 0.2) is 35.1 Å². The Kier molecular flexibility index (Phi) is 2.84. The first-order chi connectivity index (χ1) is 10.3. The monoisotopic (exact) mass is 280 g/mol. The Morgan fingerprint density at radius 3 is 2.81 bits per heavy atom. The molecule has 0 radical (unpaired) electrons. The molecule has 0 saturated carbocycles. The number of aryl methyl sites for hydroxylation is 3. The van der Waals surface area contributed by atoms with Gasteiger partial charge in [-0.3, -0.25) is 0 Å². The normalized spacial score (nSPS) is 14.1. The summed E-state index contributed by atoms with van der Waals surface area (Å²) in [6.07, 6.45) is 8.46. The Balaban J connectivity index is 1.71. The maximum atomic E-state index is 5.41. The van der Waals surface area contributed by atoms with E-state index in [2.05, 4.69) is 33.3 Å². The Hall–Kier alpha value is -2.43. The Morgan fingerprint density at radius 1 is 1.14 bits per heavy atom. The lowest BCUT2D eigenvalue weighted by molar-refractivity contribution is 0.431. The van der Waals surface area contributed by atoms with Crippen LogP contribution in [0.4, 0.5) is 0 Å². The molecule has 0 atom stereocenters. The zero-order valence-electron chi connectivity index (χ0n) is 11.9. The van der Waals surface area contributed by atoms with E-state index in [1.54, 1.807) is 6.20 Å². The third-order valence-corrected chi connectivity index (χ3v) is 4.04. The maximum Gasteiger partial charge on any atom is 0.258 e. The molecule has 0 unspecified atom stereocenters. The molecule has 3 aromatic rings. The molecule has 0 aliphatic heterocycles.